The van der Waals surface area contributed by atoms with E-state index in [4.69, 9.17) is 10.5 Å². The van der Waals surface area contributed by atoms with Gasteiger partial charge in [0.15, 0.2) is 0 Å². The van der Waals surface area contributed by atoms with Gasteiger partial charge in [-0.05, 0) is 55.2 Å². The molecule has 2 amide bonds. The van der Waals surface area contributed by atoms with E-state index in [1.807, 2.05) is 69.3 Å². The van der Waals surface area contributed by atoms with Crippen molar-refractivity contribution < 1.29 is 9.59 Å². The van der Waals surface area contributed by atoms with Crippen LogP contribution >= 0.6 is 0 Å². The van der Waals surface area contributed by atoms with Crippen LogP contribution in [0.2, 0.25) is 0 Å². The standard InChI is InChI=1S/C26H30N4O2/c1-20-8-4-10-23(16-20)29(14-6-12-27)25(31)18-22(3)19-26(32)30(15-7-13-28)24-11-5-9-21(2)17-24/h4-5,8-11,16-17,22H,6-7,14-15,18-19H2,1-3H3. The first kappa shape index (κ1) is 24.6. The molecular formula is C26H30N4O2. The van der Waals surface area contributed by atoms with Gasteiger partial charge in [-0.1, -0.05) is 31.2 Å². The SMILES string of the molecule is Cc1cccc(N(CCC#N)C(=O)CC(C)CC(=O)N(CCC#N)c2cccc(C)c2)c1. The van der Waals surface area contributed by atoms with Gasteiger partial charge in [-0.15, -0.1) is 0 Å². The van der Waals surface area contributed by atoms with Crippen molar-refractivity contribution in [2.75, 3.05) is 22.9 Å². The third kappa shape index (κ3) is 7.25. The van der Waals surface area contributed by atoms with Crippen molar-refractivity contribution >= 4 is 23.2 Å². The summed E-state index contributed by atoms with van der Waals surface area (Å²) in [6, 6.07) is 19.5. The van der Waals surface area contributed by atoms with E-state index >= 15 is 0 Å². The quantitative estimate of drug-likeness (QED) is 0.535. The number of nitrogens with zero attached hydrogens (tertiary/aromatic N) is 4. The van der Waals surface area contributed by atoms with Gasteiger partial charge in [-0.2, -0.15) is 10.5 Å². The topological polar surface area (TPSA) is 88.2 Å². The van der Waals surface area contributed by atoms with Gasteiger partial charge in [-0.25, -0.2) is 0 Å². The van der Waals surface area contributed by atoms with Gasteiger partial charge in [0.2, 0.25) is 11.8 Å². The highest BCUT2D eigenvalue weighted by atomic mass is 16.2. The minimum absolute atomic E-state index is 0.106. The third-order valence-electron chi connectivity index (χ3n) is 5.17. The largest absolute Gasteiger partial charge is 0.311 e. The molecule has 0 fully saturated rings. The number of hydrogen-bond donors (Lipinski definition) is 0. The van der Waals surface area contributed by atoms with Gasteiger partial charge in [0.05, 0.1) is 25.0 Å². The lowest BCUT2D eigenvalue weighted by molar-refractivity contribution is -0.121. The van der Waals surface area contributed by atoms with E-state index in [-0.39, 0.29) is 43.4 Å². The lowest BCUT2D eigenvalue weighted by atomic mass is 10.0. The van der Waals surface area contributed by atoms with Crippen LogP contribution in [0.3, 0.4) is 0 Å². The summed E-state index contributed by atoms with van der Waals surface area (Å²) >= 11 is 0. The molecule has 0 aliphatic rings. The van der Waals surface area contributed by atoms with E-state index in [1.165, 1.54) is 0 Å². The Morgan fingerprint density at radius 3 is 1.56 bits per heavy atom. The van der Waals surface area contributed by atoms with Crippen LogP contribution in [0.4, 0.5) is 11.4 Å². The monoisotopic (exact) mass is 430 g/mol. The van der Waals surface area contributed by atoms with Gasteiger partial charge in [0.1, 0.15) is 0 Å². The van der Waals surface area contributed by atoms with Crippen LogP contribution in [0.15, 0.2) is 48.5 Å². The fourth-order valence-corrected chi connectivity index (χ4v) is 3.60. The Hall–Kier alpha value is -3.64. The number of amides is 2. The van der Waals surface area contributed by atoms with Crippen LogP contribution in [0.1, 0.15) is 43.7 Å². The van der Waals surface area contributed by atoms with Crippen LogP contribution in [-0.2, 0) is 9.59 Å². The predicted molar refractivity (Wildman–Crippen MR) is 126 cm³/mol. The van der Waals surface area contributed by atoms with Crippen LogP contribution in [-0.4, -0.2) is 24.9 Å². The second-order valence-corrected chi connectivity index (χ2v) is 8.10. The lowest BCUT2D eigenvalue weighted by Crippen LogP contribution is -2.35. The molecule has 0 N–H and O–H groups in total. The summed E-state index contributed by atoms with van der Waals surface area (Å²) in [6.45, 7) is 6.43. The molecular weight excluding hydrogens is 400 g/mol. The van der Waals surface area contributed by atoms with Crippen LogP contribution in [0, 0.1) is 42.4 Å². The average molecular weight is 431 g/mol. The van der Waals surface area contributed by atoms with Crippen molar-refractivity contribution in [3.05, 3.63) is 59.7 Å². The molecule has 0 aliphatic heterocycles. The Balaban J connectivity index is 2.10. The van der Waals surface area contributed by atoms with Crippen LogP contribution < -0.4 is 9.80 Å². The zero-order valence-electron chi connectivity index (χ0n) is 19.0. The second kappa shape index (κ2) is 12.3. The van der Waals surface area contributed by atoms with Crippen LogP contribution in [0.25, 0.3) is 0 Å². The Kier molecular flexibility index (Phi) is 9.44. The second-order valence-electron chi connectivity index (χ2n) is 8.10. The Bertz CT molecular complexity index is 937. The summed E-state index contributed by atoms with van der Waals surface area (Å²) in [5, 5.41) is 18.0. The fraction of sp³-hybridized carbons (Fsp3) is 0.385. The maximum Gasteiger partial charge on any atom is 0.227 e. The molecule has 0 heterocycles. The zero-order valence-corrected chi connectivity index (χ0v) is 19.0. The molecule has 6 heteroatoms. The van der Waals surface area contributed by atoms with E-state index in [0.717, 1.165) is 22.5 Å². The van der Waals surface area contributed by atoms with E-state index in [1.54, 1.807) is 9.80 Å². The van der Waals surface area contributed by atoms with E-state index in [0.29, 0.717) is 13.1 Å². The molecule has 0 saturated heterocycles. The summed E-state index contributed by atoms with van der Waals surface area (Å²) in [5.74, 6) is -0.394. The molecule has 32 heavy (non-hydrogen) atoms. The average Bonchev–Trinajstić information content (AvgIpc) is 2.74. The van der Waals surface area contributed by atoms with E-state index in [9.17, 15) is 9.59 Å². The van der Waals surface area contributed by atoms with Gasteiger partial charge < -0.3 is 9.80 Å². The van der Waals surface area contributed by atoms with Gasteiger partial charge >= 0.3 is 0 Å². The maximum absolute atomic E-state index is 13.1. The number of carbonyl (C=O) groups is 2. The number of hydrogen-bond acceptors (Lipinski definition) is 4. The predicted octanol–water partition coefficient (Wildman–Crippen LogP) is 4.91. The van der Waals surface area contributed by atoms with Crippen molar-refractivity contribution in [1.82, 2.24) is 0 Å². The lowest BCUT2D eigenvalue weighted by Gasteiger charge is -2.26. The number of aryl methyl sites for hydroxylation is 2. The molecule has 2 aromatic rings. The van der Waals surface area contributed by atoms with Crippen molar-refractivity contribution in [1.29, 1.82) is 10.5 Å². The van der Waals surface area contributed by atoms with Crippen molar-refractivity contribution in [3.63, 3.8) is 0 Å². The Labute approximate surface area is 190 Å². The normalized spacial score (nSPS) is 10.3. The van der Waals surface area contributed by atoms with Crippen molar-refractivity contribution in [2.24, 2.45) is 5.92 Å². The molecule has 166 valence electrons. The molecule has 0 spiro atoms. The highest BCUT2D eigenvalue weighted by Gasteiger charge is 2.23. The summed E-state index contributed by atoms with van der Waals surface area (Å²) in [6.07, 6.45) is 0.876. The van der Waals surface area contributed by atoms with Gasteiger partial charge in [0.25, 0.3) is 0 Å². The van der Waals surface area contributed by atoms with Crippen LogP contribution in [0.5, 0.6) is 0 Å². The molecule has 2 rings (SSSR count). The number of anilines is 2. The summed E-state index contributed by atoms with van der Waals surface area (Å²) in [7, 11) is 0. The Morgan fingerprint density at radius 1 is 0.812 bits per heavy atom. The molecule has 0 radical (unpaired) electrons. The highest BCUT2D eigenvalue weighted by molar-refractivity contribution is 5.96. The summed E-state index contributed by atoms with van der Waals surface area (Å²) < 4.78 is 0. The number of rotatable bonds is 10. The van der Waals surface area contributed by atoms with Gasteiger partial charge in [0, 0.05) is 37.3 Å². The first-order valence-corrected chi connectivity index (χ1v) is 10.8. The molecule has 0 unspecified atom stereocenters. The smallest absolute Gasteiger partial charge is 0.227 e. The minimum Gasteiger partial charge on any atom is -0.311 e. The maximum atomic E-state index is 13.1. The van der Waals surface area contributed by atoms with E-state index in [2.05, 4.69) is 12.1 Å². The molecule has 0 bridgehead atoms. The summed E-state index contributed by atoms with van der Waals surface area (Å²) in [5.41, 5.74) is 3.59. The molecule has 0 atom stereocenters. The molecule has 0 aromatic heterocycles. The number of benzene rings is 2. The first-order chi connectivity index (χ1) is 15.3. The van der Waals surface area contributed by atoms with Crippen molar-refractivity contribution in [3.8, 4) is 12.1 Å². The zero-order chi connectivity index (χ0) is 23.5. The number of nitriles is 2. The van der Waals surface area contributed by atoms with E-state index < -0.39 is 0 Å². The van der Waals surface area contributed by atoms with Crippen molar-refractivity contribution in [2.45, 2.75) is 46.5 Å². The first-order valence-electron chi connectivity index (χ1n) is 10.8. The summed E-state index contributed by atoms with van der Waals surface area (Å²) in [4.78, 5) is 29.4. The minimum atomic E-state index is -0.182. The Morgan fingerprint density at radius 2 is 1.22 bits per heavy atom. The molecule has 6 nitrogen and oxygen atoms in total. The highest BCUT2D eigenvalue weighted by Crippen LogP contribution is 2.22. The van der Waals surface area contributed by atoms with Gasteiger partial charge in [-0.3, -0.25) is 9.59 Å². The molecule has 2 aromatic carbocycles. The fourth-order valence-electron chi connectivity index (χ4n) is 3.60. The number of carbonyl (C=O) groups excluding carboxylic acids is 2. The molecule has 0 aliphatic carbocycles. The molecule has 0 saturated carbocycles. The third-order valence-corrected chi connectivity index (χ3v) is 5.17.